The Morgan fingerprint density at radius 1 is 0.394 bits per heavy atom. The average Bonchev–Trinajstić information content (AvgIpc) is 0.763. The molecular formula is C72H112Cl7N21Pt4-6. The van der Waals surface area contributed by atoms with Gasteiger partial charge < -0.3 is 76.9 Å². The number of nitrogens with two attached hydrogens (primary N) is 2. The third-order valence-electron chi connectivity index (χ3n) is 12.0. The molecule has 21 nitrogen and oxygen atoms in total. The van der Waals surface area contributed by atoms with Crippen LogP contribution in [0.3, 0.4) is 0 Å². The number of nitrogens with zero attached hydrogens (tertiary/aromatic N) is 9. The van der Waals surface area contributed by atoms with Crippen LogP contribution in [0, 0.1) is 45.3 Å². The van der Waals surface area contributed by atoms with Crippen molar-refractivity contribution in [3.05, 3.63) is 181 Å². The number of nitriles is 4. The van der Waals surface area contributed by atoms with Crippen LogP contribution in [0.4, 0.5) is 17.1 Å². The maximum absolute atomic E-state index is 7.62. The number of likely N-dealkylation sites (N-methyl/N-ethyl adjacent to an activating group) is 5. The fourth-order valence-corrected chi connectivity index (χ4v) is 7.53. The van der Waals surface area contributed by atoms with Gasteiger partial charge in [-0.25, -0.2) is 9.97 Å². The van der Waals surface area contributed by atoms with Crippen molar-refractivity contribution in [2.24, 2.45) is 0 Å². The van der Waals surface area contributed by atoms with E-state index in [-0.39, 0.29) is 70.0 Å². The summed E-state index contributed by atoms with van der Waals surface area (Å²) >= 11 is 6.44. The quantitative estimate of drug-likeness (QED) is 0.0264. The number of anilines is 3. The summed E-state index contributed by atoms with van der Waals surface area (Å²) in [5, 5.41) is 58.8. The molecule has 0 bridgehead atoms. The van der Waals surface area contributed by atoms with Crippen molar-refractivity contribution in [1.29, 1.82) is 21.0 Å². The zero-order valence-electron chi connectivity index (χ0n) is 60.6. The largest absolute Gasteiger partial charge is 0.693 e. The van der Waals surface area contributed by atoms with Gasteiger partial charge >= 0.3 is 113 Å². The zero-order valence-corrected chi connectivity index (χ0v) is 75.1. The van der Waals surface area contributed by atoms with Crippen LogP contribution in [0.1, 0.15) is 67.2 Å². The van der Waals surface area contributed by atoms with Gasteiger partial charge in [-0.2, -0.15) is 47.2 Å². The van der Waals surface area contributed by atoms with Gasteiger partial charge in [-0.15, -0.1) is 37.2 Å². The van der Waals surface area contributed by atoms with Crippen LogP contribution in [-0.2, 0) is 75.1 Å². The van der Waals surface area contributed by atoms with Crippen molar-refractivity contribution >= 4 is 157 Å². The number of aromatic nitrogens is 3. The molecule has 0 spiro atoms. The first kappa shape index (κ1) is 124. The van der Waals surface area contributed by atoms with Crippen LogP contribution in [0.15, 0.2) is 146 Å². The predicted molar refractivity (Wildman–Crippen MR) is 450 cm³/mol. The average molecular weight is 2300 g/mol. The number of para-hydroxylation sites is 4. The molecule has 0 amide bonds. The first-order valence-corrected chi connectivity index (χ1v) is 42.4. The van der Waals surface area contributed by atoms with E-state index in [0.29, 0.717) is 38.8 Å². The Balaban J connectivity index is -0.000000109. The van der Waals surface area contributed by atoms with E-state index in [1.807, 2.05) is 122 Å². The van der Waals surface area contributed by atoms with Gasteiger partial charge in [0.05, 0.1) is 63.2 Å². The van der Waals surface area contributed by atoms with E-state index in [9.17, 15) is 0 Å². The summed E-state index contributed by atoms with van der Waals surface area (Å²) in [6.45, 7) is 16.4. The van der Waals surface area contributed by atoms with Gasteiger partial charge in [-0.1, -0.05) is 151 Å². The fourth-order valence-electron chi connectivity index (χ4n) is 7.53. The molecule has 0 aliphatic rings. The number of rotatable bonds is 18. The molecule has 3 heterocycles. The Hall–Kier alpha value is -3.97. The van der Waals surface area contributed by atoms with Gasteiger partial charge in [0.25, 0.3) is 0 Å². The normalized spacial score (nSPS) is 8.62. The first-order chi connectivity index (χ1) is 47.8. The molecule has 0 unspecified atom stereocenters. The number of halogens is 7. The van der Waals surface area contributed by atoms with Crippen molar-refractivity contribution in [1.82, 2.24) is 40.7 Å². The van der Waals surface area contributed by atoms with E-state index < -0.39 is 0 Å². The summed E-state index contributed by atoms with van der Waals surface area (Å²) in [6, 6.07) is 55.6. The van der Waals surface area contributed by atoms with Crippen molar-refractivity contribution in [2.45, 2.75) is 67.2 Å². The molecule has 14 N–H and O–H groups in total. The number of benzene rings is 6. The van der Waals surface area contributed by atoms with E-state index in [1.54, 1.807) is 75.1 Å². The third kappa shape index (κ3) is 59.0. The number of hydrogen-bond acceptors (Lipinski definition) is 15. The van der Waals surface area contributed by atoms with Crippen LogP contribution in [0.25, 0.3) is 101 Å². The monoisotopic (exact) mass is 2300 g/mol. The molecule has 0 radical (unpaired) electrons. The minimum Gasteiger partial charge on any atom is -0.693 e. The Bertz CT molecular complexity index is 3390. The van der Waals surface area contributed by atoms with Crippen LogP contribution < -0.4 is 31.9 Å². The Morgan fingerprint density at radius 3 is 1.03 bits per heavy atom. The van der Waals surface area contributed by atoms with E-state index in [1.165, 1.54) is 49.1 Å². The molecule has 0 aliphatic heterocycles. The Labute approximate surface area is 703 Å². The minimum absolute atomic E-state index is 0. The van der Waals surface area contributed by atoms with Crippen molar-refractivity contribution < 1.29 is 75.1 Å². The summed E-state index contributed by atoms with van der Waals surface area (Å²) in [5.74, 6) is 0. The molecule has 9 rings (SSSR count). The molecule has 600 valence electrons. The predicted octanol–water partition coefficient (Wildman–Crippen LogP) is 21.5. The second-order valence-electron chi connectivity index (χ2n) is 19.7. The summed E-state index contributed by atoms with van der Waals surface area (Å²) in [5.41, 5.74) is 34.2. The third-order valence-corrected chi connectivity index (χ3v) is 12.0. The van der Waals surface area contributed by atoms with Crippen LogP contribution >= 0.6 is 74.9 Å². The maximum atomic E-state index is 7.62. The number of nitrogens with one attached hydrogen (secondary N) is 10. The molecule has 0 saturated heterocycles. The van der Waals surface area contributed by atoms with Crippen molar-refractivity contribution in [2.75, 3.05) is 144 Å². The summed E-state index contributed by atoms with van der Waals surface area (Å²) in [6.07, 6.45) is 5.06. The SMILES string of the molecule is C.CCC#N.CCC#N.CCC#N.CCC#N.CN(C)CCN(C)C.CNCCNc1c2ccccc2nc2c1ccc1ccccc12.CNCCNc1c2ccccc2nc2ccccc12.CNCCNc1ccnc2ccccc12.Cl.Cl.Cl.[Cl][Pt].[Cl][Pt].[Cl][Pt].[Cl][Pt].[NH-]CCC[NH-].[NH-]CC[NH-].[NH2-].[NH2-]. The van der Waals surface area contributed by atoms with Gasteiger partial charge in [0, 0.05) is 122 Å². The standard InChI is InChI=1S/C20H19N3.C16H17N3.C12H15N3.C6H16N2.C3H8N2.4C3H5N.C2H6N2.CH4.7ClH.2H2N.4Pt/c1-21-12-13-22-19-16-8-4-5-9-18(16)23-20-15-7-3-2-6-14(15)10-11-17(19)20;1-17-10-11-18-16-12-6-2-4-8-14(12)19-15-9-5-3-7-13(15)16;1-13-8-9-15-12-6-7-14-11-5-3-2-4-10(11)12;1-7(2)5-6-8(3)4;4-2-1-3-5;4*1-2-3-4;3-1-2-4;;;;;;;;;;;;;;/h2-11,21H,12-13H2,1H3,(H,22,23);2-9,17H,10-11H2,1H3,(H,18,19);2-7,13H,8-9H2,1H3,(H,14,15);5-6H2,1-4H3;4-5H,1-3H2;4*2H2,1H3;3-4H,1-2H2;1H4;7*1H;2*1H2;;;;/q;;;;-2;;;;;-2;;;;;;;;;2*-1;4*+1/p-4. The molecule has 0 atom stereocenters. The van der Waals surface area contributed by atoms with Crippen LogP contribution in [-0.4, -0.2) is 153 Å². The Kier molecular flexibility index (Phi) is 111. The van der Waals surface area contributed by atoms with Gasteiger partial charge in [0.15, 0.2) is 0 Å². The van der Waals surface area contributed by atoms with E-state index in [0.717, 1.165) is 92.0 Å². The van der Waals surface area contributed by atoms with E-state index in [2.05, 4.69) is 210 Å². The molecule has 32 heteroatoms. The molecular weight excluding hydrogens is 2190 g/mol. The van der Waals surface area contributed by atoms with E-state index in [4.69, 9.17) is 54.0 Å². The second-order valence-corrected chi connectivity index (χ2v) is 19.7. The first-order valence-electron chi connectivity index (χ1n) is 31.1. The Morgan fingerprint density at radius 2 is 0.702 bits per heavy atom. The van der Waals surface area contributed by atoms with E-state index >= 15 is 0 Å². The molecule has 9 aromatic rings. The fraction of sp³-hybridized carbons (Fsp3) is 0.403. The number of pyridine rings is 3. The van der Waals surface area contributed by atoms with Gasteiger partial charge in [0.2, 0.25) is 0 Å². The zero-order chi connectivity index (χ0) is 75.0. The van der Waals surface area contributed by atoms with Gasteiger partial charge in [0.1, 0.15) is 0 Å². The smallest absolute Gasteiger partial charge is 0.0916 e. The maximum Gasteiger partial charge on any atom is -0.0916 e. The van der Waals surface area contributed by atoms with Crippen LogP contribution in [0.5, 0.6) is 0 Å². The molecule has 3 aromatic heterocycles. The van der Waals surface area contributed by atoms with Gasteiger partial charge in [-0.3, -0.25) is 4.98 Å². The van der Waals surface area contributed by atoms with Crippen molar-refractivity contribution in [3.63, 3.8) is 0 Å². The number of fused-ring (bicyclic) bond motifs is 7. The molecule has 6 aromatic carbocycles. The molecule has 0 fully saturated rings. The summed E-state index contributed by atoms with van der Waals surface area (Å²) < 4.78 is 0. The number of hydrogen-bond donors (Lipinski definition) is 6. The second kappa shape index (κ2) is 93.2. The summed E-state index contributed by atoms with van der Waals surface area (Å²) in [7, 11) is 32.7. The molecule has 0 aliphatic carbocycles. The van der Waals surface area contributed by atoms with Crippen molar-refractivity contribution in [3.8, 4) is 24.3 Å². The van der Waals surface area contributed by atoms with Gasteiger partial charge in [-0.05, 0) is 85.1 Å². The molecule has 0 saturated carbocycles. The topological polar surface area (TPSA) is 375 Å². The summed E-state index contributed by atoms with van der Waals surface area (Å²) in [4.78, 5) is 18.3. The minimum atomic E-state index is 0. The van der Waals surface area contributed by atoms with Crippen LogP contribution in [0.2, 0.25) is 0 Å². The molecule has 104 heavy (non-hydrogen) atoms.